The fourth-order valence-corrected chi connectivity index (χ4v) is 0.939. The lowest BCUT2D eigenvalue weighted by atomic mass is 10.00. The molecule has 0 aliphatic rings. The number of carbonyl (C=O) groups excluding carboxylic acids is 1. The summed E-state index contributed by atoms with van der Waals surface area (Å²) in [5.41, 5.74) is 0. The maximum Gasteiger partial charge on any atom is 0.0445 e. The largest absolute Gasteiger partial charge is 0.852 e. The predicted octanol–water partition coefficient (Wildman–Crippen LogP) is 1.72. The van der Waals surface area contributed by atoms with Crippen molar-refractivity contribution in [1.29, 1.82) is 0 Å². The average molecular weight is 393 g/mol. The second-order valence-corrected chi connectivity index (χ2v) is 5.71. The molecule has 0 aliphatic carbocycles. The topological polar surface area (TPSA) is 255 Å². The van der Waals surface area contributed by atoms with Gasteiger partial charge in [0, 0.05) is 5.97 Å². The number of rotatable bonds is 5. The van der Waals surface area contributed by atoms with Gasteiger partial charge in [0.05, 0.1) is 0 Å². The van der Waals surface area contributed by atoms with Gasteiger partial charge in [-0.25, -0.2) is 0 Å². The smallest absolute Gasteiger partial charge is 0.0445 e. The third kappa shape index (κ3) is 135. The van der Waals surface area contributed by atoms with Crippen LogP contribution in [0.3, 0.4) is 0 Å². The summed E-state index contributed by atoms with van der Waals surface area (Å²) in [5, 5.41) is 38.9. The average Bonchev–Trinajstić information content (AvgIpc) is 2.27. The zero-order valence-corrected chi connectivity index (χ0v) is 19.7. The summed E-state index contributed by atoms with van der Waals surface area (Å²) in [5.74, 6) is -1.11. The van der Waals surface area contributed by atoms with E-state index >= 15 is 0 Å². The molecule has 0 amide bonds. The zero-order chi connectivity index (χ0) is 18.7. The Morgan fingerprint density at radius 3 is 1.08 bits per heavy atom. The second kappa shape index (κ2) is 39.3. The summed E-state index contributed by atoms with van der Waals surface area (Å²) in [4.78, 5) is 10.3. The Kier molecular flexibility index (Phi) is 75.4. The van der Waals surface area contributed by atoms with Crippen LogP contribution < -0.4 is 45.0 Å². The first kappa shape index (κ1) is 49.9. The molecular formula is C17H52N4O5. The van der Waals surface area contributed by atoms with E-state index in [4.69, 9.17) is 0 Å². The monoisotopic (exact) mass is 392 g/mol. The molecule has 0 aliphatic heterocycles. The molecule has 26 heavy (non-hydrogen) atoms. The number of hydrogen-bond donors (Lipinski definition) is 4. The highest BCUT2D eigenvalue weighted by Gasteiger charge is 2.04. The fraction of sp³-hybridized carbons (Fsp3) is 0.941. The molecule has 0 bridgehead atoms. The summed E-state index contributed by atoms with van der Waals surface area (Å²) in [7, 11) is 0. The van der Waals surface area contributed by atoms with Gasteiger partial charge in [0.25, 0.3) is 0 Å². The van der Waals surface area contributed by atoms with E-state index in [1.165, 1.54) is 0 Å². The first-order chi connectivity index (χ1) is 9.91. The molecule has 0 saturated heterocycles. The van der Waals surface area contributed by atoms with Gasteiger partial charge in [-0.3, -0.25) is 0 Å². The van der Waals surface area contributed by atoms with Crippen LogP contribution in [0.5, 0.6) is 0 Å². The summed E-state index contributed by atoms with van der Waals surface area (Å²) >= 11 is 0. The van der Waals surface area contributed by atoms with E-state index in [0.29, 0.717) is 6.42 Å². The van der Waals surface area contributed by atoms with E-state index in [1.54, 1.807) is 41.5 Å². The van der Waals surface area contributed by atoms with Crippen molar-refractivity contribution in [3.63, 3.8) is 0 Å². The van der Waals surface area contributed by atoms with E-state index in [9.17, 15) is 25.2 Å². The van der Waals surface area contributed by atoms with Gasteiger partial charge in [-0.2, -0.15) is 0 Å². The molecule has 9 heteroatoms. The van der Waals surface area contributed by atoms with Crippen molar-refractivity contribution in [1.82, 2.24) is 24.6 Å². The molecule has 0 aromatic carbocycles. The van der Waals surface area contributed by atoms with Crippen molar-refractivity contribution in [3.05, 3.63) is 0 Å². The highest BCUT2D eigenvalue weighted by molar-refractivity contribution is 5.67. The maximum absolute atomic E-state index is 10.3. The van der Waals surface area contributed by atoms with E-state index in [0.717, 1.165) is 19.3 Å². The Morgan fingerprint density at radius 1 is 0.731 bits per heavy atom. The van der Waals surface area contributed by atoms with Crippen LogP contribution in [0.1, 0.15) is 81.1 Å². The standard InChI is InChI=1S/C8H16O2.3C3H7O.4H3N/c1-3-5-6-7(4-2)8(9)10;3*1-3(2)4;;;;/h7H,3-6H2,1-2H3,(H,9,10);3*3H,1-2H3;4*1H3/q;3*-1;;;;/p+3. The maximum atomic E-state index is 10.3. The number of aliphatic carboxylic acids is 1. The lowest BCUT2D eigenvalue weighted by molar-refractivity contribution is -0.408. The van der Waals surface area contributed by atoms with Gasteiger partial charge in [0.2, 0.25) is 0 Å². The molecule has 0 saturated carbocycles. The minimum atomic E-state index is -0.893. The normalized spacial score (nSPS) is 9.15. The third-order valence-electron chi connectivity index (χ3n) is 1.73. The van der Waals surface area contributed by atoms with Crippen molar-refractivity contribution < 1.29 is 25.2 Å². The Labute approximate surface area is 161 Å². The lowest BCUT2D eigenvalue weighted by Gasteiger charge is -2.14. The lowest BCUT2D eigenvalue weighted by Crippen LogP contribution is -2.30. The summed E-state index contributed by atoms with van der Waals surface area (Å²) in [6, 6.07) is 0. The Hall–Kier alpha value is -0.810. The Bertz CT molecular complexity index is 197. The van der Waals surface area contributed by atoms with Gasteiger partial charge in [-0.1, -0.05) is 68.2 Å². The molecule has 170 valence electrons. The summed E-state index contributed by atoms with van der Waals surface area (Å²) < 4.78 is 0. The van der Waals surface area contributed by atoms with Gasteiger partial charge in [0.15, 0.2) is 0 Å². The van der Waals surface area contributed by atoms with Gasteiger partial charge in [0.1, 0.15) is 0 Å². The van der Waals surface area contributed by atoms with Crippen LogP contribution in [0.25, 0.3) is 0 Å². The van der Waals surface area contributed by atoms with Crippen molar-refractivity contribution in [2.24, 2.45) is 5.92 Å². The third-order valence-corrected chi connectivity index (χ3v) is 1.73. The van der Waals surface area contributed by atoms with E-state index in [2.05, 4.69) is 6.92 Å². The highest BCUT2D eigenvalue weighted by atomic mass is 16.4. The molecule has 0 fully saturated rings. The molecule has 0 rings (SSSR count). The van der Waals surface area contributed by atoms with Crippen molar-refractivity contribution in [3.8, 4) is 0 Å². The van der Waals surface area contributed by atoms with E-state index in [-0.39, 0.29) is 30.5 Å². The number of carboxylic acid groups (broad SMARTS) is 1. The molecule has 0 spiro atoms. The molecule has 0 heterocycles. The van der Waals surface area contributed by atoms with Crippen molar-refractivity contribution in [2.75, 3.05) is 0 Å². The number of carbonyl (C=O) groups is 1. The predicted molar refractivity (Wildman–Crippen MR) is 108 cm³/mol. The zero-order valence-electron chi connectivity index (χ0n) is 19.7. The van der Waals surface area contributed by atoms with Crippen LogP contribution >= 0.6 is 0 Å². The molecule has 16 N–H and O–H groups in total. The quantitative estimate of drug-likeness (QED) is 0.542. The molecule has 1 unspecified atom stereocenters. The number of carboxylic acids is 1. The highest BCUT2D eigenvalue weighted by Crippen LogP contribution is 2.10. The van der Waals surface area contributed by atoms with Gasteiger partial charge in [-0.15, -0.1) is 18.3 Å². The molecule has 9 nitrogen and oxygen atoms in total. The van der Waals surface area contributed by atoms with Crippen LogP contribution in [-0.2, 0) is 4.79 Å². The van der Waals surface area contributed by atoms with Crippen molar-refractivity contribution >= 4 is 5.97 Å². The van der Waals surface area contributed by atoms with Gasteiger partial charge >= 0.3 is 0 Å². The van der Waals surface area contributed by atoms with Crippen LogP contribution in [0, 0.1) is 5.92 Å². The molecule has 0 aromatic rings. The molecule has 0 radical (unpaired) electrons. The van der Waals surface area contributed by atoms with Crippen LogP contribution in [0.4, 0.5) is 0 Å². The summed E-state index contributed by atoms with van der Waals surface area (Å²) in [6.07, 6.45) is 2.27. The fourth-order valence-electron chi connectivity index (χ4n) is 0.939. The molecular weight excluding hydrogens is 340 g/mol. The van der Waals surface area contributed by atoms with Gasteiger partial charge < -0.3 is 49.8 Å². The number of quaternary nitrogens is 4. The summed E-state index contributed by atoms with van der Waals surface area (Å²) in [6.45, 7) is 13.6. The Morgan fingerprint density at radius 2 is 0.962 bits per heavy atom. The van der Waals surface area contributed by atoms with Crippen LogP contribution in [-0.4, -0.2) is 24.3 Å². The van der Waals surface area contributed by atoms with Crippen LogP contribution in [0.2, 0.25) is 0 Å². The van der Waals surface area contributed by atoms with E-state index < -0.39 is 24.3 Å². The molecule has 1 atom stereocenters. The van der Waals surface area contributed by atoms with Gasteiger partial charge in [-0.05, 0) is 18.8 Å². The van der Waals surface area contributed by atoms with E-state index in [1.807, 2.05) is 6.92 Å². The molecule has 0 aromatic heterocycles. The SMILES string of the molecule is CC(C)[O-].CC(C)[O-].CC(C)[O-].CCCCC(CC)C(=O)[O-].[NH4+].[NH4+].[NH4+].[NH4+]. The first-order valence-electron chi connectivity index (χ1n) is 8.10. The number of unbranched alkanes of at least 4 members (excludes halogenated alkanes) is 1. The number of hydrogen-bond acceptors (Lipinski definition) is 5. The van der Waals surface area contributed by atoms with Crippen LogP contribution in [0.15, 0.2) is 0 Å². The van der Waals surface area contributed by atoms with Crippen molar-refractivity contribution in [2.45, 2.75) is 99.4 Å². The second-order valence-electron chi connectivity index (χ2n) is 5.71. The Balaban J connectivity index is -0.0000000291. The minimum Gasteiger partial charge on any atom is -0.852 e. The first-order valence-corrected chi connectivity index (χ1v) is 8.10. The minimum absolute atomic E-state index is 0.